The Kier molecular flexibility index (Phi) is 2.27. The molecule has 71 valence electrons. The molecule has 0 spiro atoms. The molecule has 0 aliphatic heterocycles. The van der Waals surface area contributed by atoms with Gasteiger partial charge in [0, 0.05) is 11.7 Å². The molecule has 13 heavy (non-hydrogen) atoms. The van der Waals surface area contributed by atoms with E-state index in [4.69, 9.17) is 0 Å². The molecular formula is C8H12N3O2. The average Bonchev–Trinajstić information content (AvgIpc) is 2.30. The minimum atomic E-state index is -0.526. The van der Waals surface area contributed by atoms with Gasteiger partial charge in [-0.15, -0.1) is 5.10 Å². The monoisotopic (exact) mass is 182 g/mol. The number of nitrogens with zero attached hydrogens (tertiary/aromatic N) is 1. The van der Waals surface area contributed by atoms with Gasteiger partial charge in [0.25, 0.3) is 5.91 Å². The second-order valence-corrected chi connectivity index (χ2v) is 3.81. The number of aromatic amines is 1. The number of hydrogen-bond acceptors (Lipinski definition) is 2. The van der Waals surface area contributed by atoms with Crippen LogP contribution in [0.2, 0.25) is 0 Å². The maximum absolute atomic E-state index is 11.4. The van der Waals surface area contributed by atoms with Gasteiger partial charge in [0.1, 0.15) is 5.56 Å². The van der Waals surface area contributed by atoms with E-state index in [2.05, 4.69) is 15.5 Å². The summed E-state index contributed by atoms with van der Waals surface area (Å²) >= 11 is 0. The van der Waals surface area contributed by atoms with Crippen molar-refractivity contribution in [2.45, 2.75) is 26.3 Å². The van der Waals surface area contributed by atoms with Gasteiger partial charge in [-0.05, 0) is 20.8 Å². The molecule has 2 N–H and O–H groups in total. The number of H-pyrrole nitrogens is 1. The van der Waals surface area contributed by atoms with Crippen LogP contribution in [0, 0.1) is 0 Å². The van der Waals surface area contributed by atoms with Crippen LogP contribution in [0.25, 0.3) is 0 Å². The number of rotatable bonds is 1. The Labute approximate surface area is 76.2 Å². The summed E-state index contributed by atoms with van der Waals surface area (Å²) < 4.78 is 0. The number of carbonyl (C=O) groups is 1. The van der Waals surface area contributed by atoms with Gasteiger partial charge in [0.15, 0.2) is 0 Å². The molecule has 0 bridgehead atoms. The molecule has 0 saturated carbocycles. The van der Waals surface area contributed by atoms with Crippen LogP contribution < -0.4 is 5.32 Å². The lowest BCUT2D eigenvalue weighted by atomic mass is 10.1. The van der Waals surface area contributed by atoms with Gasteiger partial charge in [-0.2, -0.15) is 0 Å². The van der Waals surface area contributed by atoms with Gasteiger partial charge in [0.2, 0.25) is 0 Å². The smallest absolute Gasteiger partial charge is 0.300 e. The van der Waals surface area contributed by atoms with Crippen molar-refractivity contribution in [1.29, 1.82) is 0 Å². The minimum Gasteiger partial charge on any atom is -0.347 e. The molecule has 0 fully saturated rings. The van der Waals surface area contributed by atoms with Crippen LogP contribution in [0.5, 0.6) is 5.88 Å². The molecule has 5 nitrogen and oxygen atoms in total. The van der Waals surface area contributed by atoms with E-state index in [9.17, 15) is 9.90 Å². The van der Waals surface area contributed by atoms with Crippen molar-refractivity contribution in [3.8, 4) is 5.88 Å². The summed E-state index contributed by atoms with van der Waals surface area (Å²) in [6, 6.07) is 0. The highest BCUT2D eigenvalue weighted by molar-refractivity contribution is 5.96. The van der Waals surface area contributed by atoms with Gasteiger partial charge >= 0.3 is 5.88 Å². The first-order chi connectivity index (χ1) is 5.90. The van der Waals surface area contributed by atoms with Gasteiger partial charge in [-0.3, -0.25) is 15.0 Å². The lowest BCUT2D eigenvalue weighted by Crippen LogP contribution is -2.40. The summed E-state index contributed by atoms with van der Waals surface area (Å²) in [5.41, 5.74) is -0.296. The maximum Gasteiger partial charge on any atom is 0.300 e. The SMILES string of the molecule is CC(C)(C)NC(=O)c1c[nH]nc1[O]. The van der Waals surface area contributed by atoms with Crippen molar-refractivity contribution >= 4 is 5.91 Å². The van der Waals surface area contributed by atoms with E-state index >= 15 is 0 Å². The van der Waals surface area contributed by atoms with Crippen molar-refractivity contribution in [2.24, 2.45) is 0 Å². The Bertz CT molecular complexity index is 311. The molecule has 5 heteroatoms. The maximum atomic E-state index is 11.4. The number of aromatic nitrogens is 2. The molecule has 0 aliphatic carbocycles. The zero-order valence-electron chi connectivity index (χ0n) is 7.84. The first-order valence-corrected chi connectivity index (χ1v) is 3.93. The molecule has 1 heterocycles. The number of amides is 1. The summed E-state index contributed by atoms with van der Waals surface area (Å²) in [7, 11) is 0. The third-order valence-electron chi connectivity index (χ3n) is 1.34. The van der Waals surface area contributed by atoms with Crippen LogP contribution >= 0.6 is 0 Å². The summed E-state index contributed by atoms with van der Waals surface area (Å²) in [5.74, 6) is -0.923. The largest absolute Gasteiger partial charge is 0.347 e. The zero-order chi connectivity index (χ0) is 10.1. The normalized spacial score (nSPS) is 11.3. The van der Waals surface area contributed by atoms with Gasteiger partial charge in [-0.25, -0.2) is 0 Å². The Morgan fingerprint density at radius 2 is 2.15 bits per heavy atom. The summed E-state index contributed by atoms with van der Waals surface area (Å²) in [6.45, 7) is 5.53. The van der Waals surface area contributed by atoms with Crippen LogP contribution in [0.3, 0.4) is 0 Å². The minimum absolute atomic E-state index is 0.0509. The van der Waals surface area contributed by atoms with Crippen molar-refractivity contribution in [2.75, 3.05) is 0 Å². The van der Waals surface area contributed by atoms with E-state index in [1.54, 1.807) is 0 Å². The van der Waals surface area contributed by atoms with Crippen molar-refractivity contribution in [1.82, 2.24) is 15.5 Å². The van der Waals surface area contributed by atoms with Crippen LogP contribution in [0.1, 0.15) is 31.1 Å². The Morgan fingerprint density at radius 3 is 2.54 bits per heavy atom. The number of nitrogens with one attached hydrogen (secondary N) is 2. The van der Waals surface area contributed by atoms with Crippen molar-refractivity contribution in [3.05, 3.63) is 11.8 Å². The molecule has 1 aromatic rings. The predicted octanol–water partition coefficient (Wildman–Crippen LogP) is 1.08. The Morgan fingerprint density at radius 1 is 1.54 bits per heavy atom. The van der Waals surface area contributed by atoms with Gasteiger partial charge in [0.05, 0.1) is 0 Å². The first-order valence-electron chi connectivity index (χ1n) is 3.93. The number of hydrogen-bond donors (Lipinski definition) is 2. The van der Waals surface area contributed by atoms with Crippen LogP contribution in [-0.2, 0) is 5.11 Å². The fourth-order valence-corrected chi connectivity index (χ4v) is 0.848. The molecule has 0 aromatic carbocycles. The quantitative estimate of drug-likeness (QED) is 0.681. The molecule has 0 aliphatic rings. The van der Waals surface area contributed by atoms with E-state index < -0.39 is 11.8 Å². The second-order valence-electron chi connectivity index (χ2n) is 3.81. The summed E-state index contributed by atoms with van der Waals surface area (Å²) in [5, 5.41) is 19.3. The topological polar surface area (TPSA) is 77.7 Å². The molecule has 1 rings (SSSR count). The van der Waals surface area contributed by atoms with E-state index in [0.717, 1.165) is 0 Å². The lowest BCUT2D eigenvalue weighted by molar-refractivity contribution is 0.0915. The third-order valence-corrected chi connectivity index (χ3v) is 1.34. The fraction of sp³-hybridized carbons (Fsp3) is 0.500. The number of carbonyl (C=O) groups excluding carboxylic acids is 1. The van der Waals surface area contributed by atoms with Crippen LogP contribution in [0.4, 0.5) is 0 Å². The fourth-order valence-electron chi connectivity index (χ4n) is 0.848. The van der Waals surface area contributed by atoms with Gasteiger partial charge in [-0.1, -0.05) is 0 Å². The van der Waals surface area contributed by atoms with Crippen LogP contribution in [-0.4, -0.2) is 21.6 Å². The molecule has 0 saturated heterocycles. The standard InChI is InChI=1S/C8H12N3O2/c1-8(2,3)10-6(12)5-4-9-11-7(5)13/h4H,1-3H3,(H,9,11)(H,10,12). The van der Waals surface area contributed by atoms with E-state index in [1.165, 1.54) is 6.20 Å². The van der Waals surface area contributed by atoms with E-state index in [1.807, 2.05) is 20.8 Å². The lowest BCUT2D eigenvalue weighted by Gasteiger charge is -2.19. The van der Waals surface area contributed by atoms with E-state index in [0.29, 0.717) is 0 Å². The van der Waals surface area contributed by atoms with Crippen molar-refractivity contribution in [3.63, 3.8) is 0 Å². The second kappa shape index (κ2) is 3.08. The molecule has 0 atom stereocenters. The molecule has 0 unspecified atom stereocenters. The van der Waals surface area contributed by atoms with Gasteiger partial charge < -0.3 is 5.32 Å². The summed E-state index contributed by atoms with van der Waals surface area (Å²) in [4.78, 5) is 11.4. The zero-order valence-corrected chi connectivity index (χ0v) is 7.84. The predicted molar refractivity (Wildman–Crippen MR) is 45.9 cm³/mol. The Balaban J connectivity index is 2.76. The molecule has 1 amide bonds. The highest BCUT2D eigenvalue weighted by Crippen LogP contribution is 2.13. The molecular weight excluding hydrogens is 170 g/mol. The Hall–Kier alpha value is -1.52. The summed E-state index contributed by atoms with van der Waals surface area (Å²) in [6.07, 6.45) is 1.30. The average molecular weight is 182 g/mol. The molecule has 1 radical (unpaired) electrons. The highest BCUT2D eigenvalue weighted by atomic mass is 16.3. The van der Waals surface area contributed by atoms with E-state index in [-0.39, 0.29) is 11.1 Å². The molecule has 1 aromatic heterocycles. The van der Waals surface area contributed by atoms with Crippen LogP contribution in [0.15, 0.2) is 6.20 Å². The highest BCUT2D eigenvalue weighted by Gasteiger charge is 2.19. The first kappa shape index (κ1) is 9.57. The third kappa shape index (κ3) is 2.47. The van der Waals surface area contributed by atoms with Crippen molar-refractivity contribution < 1.29 is 9.90 Å².